The third-order valence-corrected chi connectivity index (χ3v) is 6.65. The SMILES string of the molecule is CN1CCN(C(=O)c2ccc3c(c2)[nH]c2c(C(N)=O)ccc(N4CCCCC4=O)c23)CC1. The zero-order chi connectivity index (χ0) is 22.4. The topological polar surface area (TPSA) is 103 Å². The predicted molar refractivity (Wildman–Crippen MR) is 124 cm³/mol. The van der Waals surface area contributed by atoms with Gasteiger partial charge in [0.2, 0.25) is 5.91 Å². The fraction of sp³-hybridized carbons (Fsp3) is 0.375. The van der Waals surface area contributed by atoms with E-state index in [-0.39, 0.29) is 11.8 Å². The molecule has 0 saturated carbocycles. The molecule has 3 amide bonds. The maximum absolute atomic E-state index is 13.1. The van der Waals surface area contributed by atoms with Gasteiger partial charge < -0.3 is 25.4 Å². The van der Waals surface area contributed by atoms with E-state index in [1.54, 1.807) is 11.0 Å². The Hall–Kier alpha value is -3.39. The second kappa shape index (κ2) is 7.94. The second-order valence-corrected chi connectivity index (χ2v) is 8.73. The summed E-state index contributed by atoms with van der Waals surface area (Å²) in [5, 5.41) is 1.66. The number of H-pyrrole nitrogens is 1. The van der Waals surface area contributed by atoms with E-state index in [4.69, 9.17) is 5.73 Å². The van der Waals surface area contributed by atoms with Crippen LogP contribution in [0.1, 0.15) is 40.0 Å². The number of carbonyl (C=O) groups is 3. The third-order valence-electron chi connectivity index (χ3n) is 6.65. The second-order valence-electron chi connectivity index (χ2n) is 8.73. The Morgan fingerprint density at radius 1 is 1.00 bits per heavy atom. The molecule has 0 aliphatic carbocycles. The number of nitrogens with one attached hydrogen (secondary N) is 1. The fourth-order valence-electron chi connectivity index (χ4n) is 4.81. The molecule has 0 unspecified atom stereocenters. The first-order valence-electron chi connectivity index (χ1n) is 11.1. The summed E-state index contributed by atoms with van der Waals surface area (Å²) in [6, 6.07) is 9.05. The Kier molecular flexibility index (Phi) is 5.09. The van der Waals surface area contributed by atoms with Crippen LogP contribution in [0.2, 0.25) is 0 Å². The zero-order valence-electron chi connectivity index (χ0n) is 18.2. The molecule has 5 rings (SSSR count). The van der Waals surface area contributed by atoms with Crippen LogP contribution in [0.3, 0.4) is 0 Å². The van der Waals surface area contributed by atoms with Crippen LogP contribution in [0, 0.1) is 0 Å². The Labute approximate surface area is 185 Å². The minimum Gasteiger partial charge on any atom is -0.366 e. The number of benzene rings is 2. The van der Waals surface area contributed by atoms with Gasteiger partial charge >= 0.3 is 0 Å². The van der Waals surface area contributed by atoms with Gasteiger partial charge in [-0.25, -0.2) is 0 Å². The molecule has 2 fully saturated rings. The Morgan fingerprint density at radius 3 is 2.50 bits per heavy atom. The maximum atomic E-state index is 13.1. The van der Waals surface area contributed by atoms with Gasteiger partial charge in [-0.1, -0.05) is 6.07 Å². The van der Waals surface area contributed by atoms with Gasteiger partial charge in [0, 0.05) is 61.0 Å². The van der Waals surface area contributed by atoms with Crippen LogP contribution in [0.5, 0.6) is 0 Å². The normalized spacial score (nSPS) is 18.0. The number of anilines is 1. The molecule has 0 bridgehead atoms. The third kappa shape index (κ3) is 3.40. The van der Waals surface area contributed by atoms with E-state index < -0.39 is 5.91 Å². The van der Waals surface area contributed by atoms with Crippen LogP contribution in [0.4, 0.5) is 5.69 Å². The summed E-state index contributed by atoms with van der Waals surface area (Å²) in [6.45, 7) is 3.77. The summed E-state index contributed by atoms with van der Waals surface area (Å²) in [7, 11) is 2.05. The summed E-state index contributed by atoms with van der Waals surface area (Å²) in [5.74, 6) is -0.451. The quantitative estimate of drug-likeness (QED) is 0.662. The number of hydrogen-bond donors (Lipinski definition) is 2. The van der Waals surface area contributed by atoms with Gasteiger partial charge in [-0.15, -0.1) is 0 Å². The molecular formula is C24H27N5O3. The van der Waals surface area contributed by atoms with Crippen LogP contribution >= 0.6 is 0 Å². The predicted octanol–water partition coefficient (Wildman–Crippen LogP) is 2.32. The van der Waals surface area contributed by atoms with Crippen LogP contribution in [-0.2, 0) is 4.79 Å². The van der Waals surface area contributed by atoms with Crippen LogP contribution in [-0.4, -0.2) is 72.3 Å². The molecule has 8 nitrogen and oxygen atoms in total. The molecule has 0 radical (unpaired) electrons. The Morgan fingerprint density at radius 2 is 1.78 bits per heavy atom. The van der Waals surface area contributed by atoms with Crippen molar-refractivity contribution in [2.75, 3.05) is 44.7 Å². The number of piperazine rings is 1. The number of aromatic amines is 1. The van der Waals surface area contributed by atoms with Gasteiger partial charge in [0.1, 0.15) is 0 Å². The number of rotatable bonds is 3. The zero-order valence-corrected chi connectivity index (χ0v) is 18.2. The molecule has 0 atom stereocenters. The molecule has 166 valence electrons. The number of fused-ring (bicyclic) bond motifs is 3. The highest BCUT2D eigenvalue weighted by Crippen LogP contribution is 2.37. The molecule has 2 saturated heterocycles. The number of piperidine rings is 1. The van der Waals surface area contributed by atoms with E-state index in [0.29, 0.717) is 42.7 Å². The first-order valence-corrected chi connectivity index (χ1v) is 11.1. The van der Waals surface area contributed by atoms with Gasteiger partial charge in [0.25, 0.3) is 11.8 Å². The van der Waals surface area contributed by atoms with Crippen molar-refractivity contribution in [2.45, 2.75) is 19.3 Å². The molecule has 3 N–H and O–H groups in total. The van der Waals surface area contributed by atoms with Crippen molar-refractivity contribution < 1.29 is 14.4 Å². The van der Waals surface area contributed by atoms with Gasteiger partial charge in [-0.2, -0.15) is 0 Å². The van der Waals surface area contributed by atoms with Crippen LogP contribution < -0.4 is 10.6 Å². The number of aromatic nitrogens is 1. The van der Waals surface area contributed by atoms with Crippen molar-refractivity contribution in [3.63, 3.8) is 0 Å². The molecule has 0 spiro atoms. The lowest BCUT2D eigenvalue weighted by atomic mass is 10.0. The van der Waals surface area contributed by atoms with Crippen molar-refractivity contribution >= 4 is 45.2 Å². The van der Waals surface area contributed by atoms with Crippen LogP contribution in [0.15, 0.2) is 30.3 Å². The van der Waals surface area contributed by atoms with Crippen molar-refractivity contribution in [1.82, 2.24) is 14.8 Å². The number of nitrogens with zero attached hydrogens (tertiary/aromatic N) is 3. The highest BCUT2D eigenvalue weighted by molar-refractivity contribution is 6.21. The molecular weight excluding hydrogens is 406 g/mol. The summed E-state index contributed by atoms with van der Waals surface area (Å²) in [6.07, 6.45) is 2.35. The number of hydrogen-bond acceptors (Lipinski definition) is 4. The fourth-order valence-corrected chi connectivity index (χ4v) is 4.81. The van der Waals surface area contributed by atoms with E-state index in [1.165, 1.54) is 0 Å². The molecule has 2 aliphatic rings. The number of likely N-dealkylation sites (N-methyl/N-ethyl adjacent to an activating group) is 1. The average Bonchev–Trinajstić information content (AvgIpc) is 3.17. The maximum Gasteiger partial charge on any atom is 0.254 e. The lowest BCUT2D eigenvalue weighted by Crippen LogP contribution is -2.47. The molecule has 8 heteroatoms. The molecule has 3 heterocycles. The Balaban J connectivity index is 1.63. The van der Waals surface area contributed by atoms with E-state index in [9.17, 15) is 14.4 Å². The first kappa shape index (κ1) is 20.5. The molecule has 32 heavy (non-hydrogen) atoms. The van der Waals surface area contributed by atoms with Gasteiger partial charge in [-0.3, -0.25) is 14.4 Å². The standard InChI is InChI=1S/C24H27N5O3/c1-27-10-12-28(13-11-27)24(32)15-5-6-16-18(14-15)26-22-17(23(25)31)7-8-19(21(16)22)29-9-3-2-4-20(29)30/h5-8,14,26H,2-4,9-13H2,1H3,(H2,25,31). The smallest absolute Gasteiger partial charge is 0.254 e. The Bertz CT molecular complexity index is 1240. The van der Waals surface area contributed by atoms with Crippen molar-refractivity contribution in [3.05, 3.63) is 41.5 Å². The largest absolute Gasteiger partial charge is 0.366 e. The highest BCUT2D eigenvalue weighted by atomic mass is 16.2. The number of primary amides is 1. The van der Waals surface area contributed by atoms with Gasteiger partial charge in [-0.05, 0) is 44.2 Å². The summed E-state index contributed by atoms with van der Waals surface area (Å²) in [5.41, 5.74) is 8.74. The highest BCUT2D eigenvalue weighted by Gasteiger charge is 2.26. The minimum atomic E-state index is -0.535. The average molecular weight is 434 g/mol. The summed E-state index contributed by atoms with van der Waals surface area (Å²) in [4.78, 5) is 47.0. The number of nitrogens with two attached hydrogens (primary N) is 1. The van der Waals surface area contributed by atoms with E-state index in [2.05, 4.69) is 16.9 Å². The van der Waals surface area contributed by atoms with Crippen molar-refractivity contribution in [2.24, 2.45) is 5.73 Å². The lowest BCUT2D eigenvalue weighted by Gasteiger charge is -2.32. The monoisotopic (exact) mass is 433 g/mol. The molecule has 1 aromatic heterocycles. The van der Waals surface area contributed by atoms with Crippen LogP contribution in [0.25, 0.3) is 21.8 Å². The van der Waals surface area contributed by atoms with E-state index >= 15 is 0 Å². The first-order chi connectivity index (χ1) is 15.4. The number of amides is 3. The molecule has 2 aliphatic heterocycles. The lowest BCUT2D eigenvalue weighted by molar-refractivity contribution is -0.119. The summed E-state index contributed by atoms with van der Waals surface area (Å²) < 4.78 is 0. The summed E-state index contributed by atoms with van der Waals surface area (Å²) >= 11 is 0. The minimum absolute atomic E-state index is 0.000197. The van der Waals surface area contributed by atoms with E-state index in [1.807, 2.05) is 29.2 Å². The molecule has 2 aromatic carbocycles. The van der Waals surface area contributed by atoms with E-state index in [0.717, 1.165) is 47.9 Å². The molecule has 3 aromatic rings. The van der Waals surface area contributed by atoms with Gasteiger partial charge in [0.05, 0.1) is 16.8 Å². The van der Waals surface area contributed by atoms with Gasteiger partial charge in [0.15, 0.2) is 0 Å². The van der Waals surface area contributed by atoms with Crippen molar-refractivity contribution in [3.8, 4) is 0 Å². The van der Waals surface area contributed by atoms with Crippen molar-refractivity contribution in [1.29, 1.82) is 0 Å². The number of carbonyl (C=O) groups excluding carboxylic acids is 3.